The van der Waals surface area contributed by atoms with E-state index in [1.807, 2.05) is 19.9 Å². The summed E-state index contributed by atoms with van der Waals surface area (Å²) in [4.78, 5) is 80.0. The number of carbonyl (C=O) groups is 6. The second-order valence-corrected chi connectivity index (χ2v) is 17.6. The predicted molar refractivity (Wildman–Crippen MR) is 182 cm³/mol. The summed E-state index contributed by atoms with van der Waals surface area (Å²) in [6.45, 7) is 4.42. The van der Waals surface area contributed by atoms with Gasteiger partial charge in [-0.2, -0.15) is 0 Å². The summed E-state index contributed by atoms with van der Waals surface area (Å²) in [6, 6.07) is 0. The molecule has 6 heterocycles. The third-order valence-corrected chi connectivity index (χ3v) is 15.3. The maximum atomic E-state index is 13.6. The van der Waals surface area contributed by atoms with Gasteiger partial charge in [-0.1, -0.05) is 63.8 Å². The number of amides is 2. The quantitative estimate of drug-likeness (QED) is 0.217. The normalized spacial score (nSPS) is 49.9. The van der Waals surface area contributed by atoms with Gasteiger partial charge in [-0.25, -0.2) is 0 Å². The molecule has 0 aromatic carbocycles. The molecule has 53 heavy (non-hydrogen) atoms. The molecule has 10 aliphatic rings. The van der Waals surface area contributed by atoms with E-state index in [9.17, 15) is 44.1 Å². The van der Waals surface area contributed by atoms with Crippen LogP contribution in [0.5, 0.6) is 0 Å². The second-order valence-electron chi connectivity index (χ2n) is 17.6. The molecule has 16 atom stereocenters. The summed E-state index contributed by atoms with van der Waals surface area (Å²) >= 11 is 0. The number of Topliss-reactive ketones (excluding diaryl/α,β-unsaturated/α-hetero) is 2. The Kier molecular flexibility index (Phi) is 8.02. The van der Waals surface area contributed by atoms with Gasteiger partial charge in [-0.3, -0.25) is 28.8 Å². The van der Waals surface area contributed by atoms with E-state index in [2.05, 4.69) is 18.2 Å². The van der Waals surface area contributed by atoms with E-state index >= 15 is 0 Å². The summed E-state index contributed by atoms with van der Waals surface area (Å²) in [5, 5.41) is 33.5. The van der Waals surface area contributed by atoms with Crippen LogP contribution in [0.25, 0.3) is 0 Å². The number of rotatable bonds is 4. The average molecular weight is 735 g/mol. The highest BCUT2D eigenvalue weighted by atomic mass is 16.6. The number of allylic oxidation sites excluding steroid dienone is 4. The Morgan fingerprint density at radius 2 is 1.21 bits per heavy atom. The molecule has 3 N–H and O–H groups in total. The number of esters is 2. The van der Waals surface area contributed by atoms with Crippen molar-refractivity contribution in [2.24, 2.45) is 65.1 Å². The van der Waals surface area contributed by atoms with Crippen molar-refractivity contribution in [3.05, 3.63) is 24.3 Å². The Bertz CT molecular complexity index is 1730. The monoisotopic (exact) mass is 734 g/mol. The van der Waals surface area contributed by atoms with E-state index in [1.54, 1.807) is 0 Å². The summed E-state index contributed by atoms with van der Waals surface area (Å²) in [7, 11) is 0. The zero-order valence-corrected chi connectivity index (χ0v) is 30.3. The summed E-state index contributed by atoms with van der Waals surface area (Å²) in [6.07, 6.45) is 15.0. The van der Waals surface area contributed by atoms with Crippen LogP contribution in [0.1, 0.15) is 78.1 Å². The first kappa shape index (κ1) is 35.3. The van der Waals surface area contributed by atoms with Crippen LogP contribution in [0.2, 0.25) is 0 Å². The van der Waals surface area contributed by atoms with Gasteiger partial charge in [0.25, 0.3) is 5.91 Å². The van der Waals surface area contributed by atoms with Crippen molar-refractivity contribution in [1.82, 2.24) is 9.80 Å². The van der Waals surface area contributed by atoms with Crippen molar-refractivity contribution in [2.45, 2.75) is 107 Å². The van der Waals surface area contributed by atoms with Gasteiger partial charge in [0, 0.05) is 24.9 Å². The molecule has 3 unspecified atom stereocenters. The molecule has 8 fully saturated rings. The maximum absolute atomic E-state index is 13.6. The number of aliphatic hydroxyl groups is 3. The molecular formula is C40H50N2O11. The van der Waals surface area contributed by atoms with Crippen LogP contribution in [0.15, 0.2) is 24.3 Å². The van der Waals surface area contributed by atoms with Crippen LogP contribution in [0.3, 0.4) is 0 Å². The molecule has 0 aromatic rings. The van der Waals surface area contributed by atoms with Crippen LogP contribution in [-0.2, 0) is 38.2 Å². The molecule has 286 valence electrons. The fourth-order valence-corrected chi connectivity index (χ4v) is 12.7. The molecular weight excluding hydrogens is 684 g/mol. The van der Waals surface area contributed by atoms with Crippen molar-refractivity contribution in [3.63, 3.8) is 0 Å². The summed E-state index contributed by atoms with van der Waals surface area (Å²) in [5.74, 6) is -5.48. The minimum absolute atomic E-state index is 0.0626. The third-order valence-electron chi connectivity index (χ3n) is 15.3. The number of hydrogen-bond acceptors (Lipinski definition) is 11. The molecule has 2 saturated carbocycles. The van der Waals surface area contributed by atoms with Crippen LogP contribution < -0.4 is 0 Å². The Hall–Kier alpha value is -3.42. The van der Waals surface area contributed by atoms with Crippen LogP contribution in [-0.4, -0.2) is 103 Å². The lowest BCUT2D eigenvalue weighted by Gasteiger charge is -2.42. The number of ketones is 2. The second kappa shape index (κ2) is 12.0. The first-order chi connectivity index (χ1) is 25.2. The highest BCUT2D eigenvalue weighted by Crippen LogP contribution is 2.56. The summed E-state index contributed by atoms with van der Waals surface area (Å²) < 4.78 is 10.6. The first-order valence-electron chi connectivity index (χ1n) is 19.9. The molecule has 0 radical (unpaired) electrons. The van der Waals surface area contributed by atoms with Gasteiger partial charge < -0.3 is 34.6 Å². The number of ether oxygens (including phenoxy) is 2. The lowest BCUT2D eigenvalue weighted by atomic mass is 9.61. The SMILES string of the molecule is C[C@H]1C=C[C@H]2CCCC[C@@H]2C1C(=O)C1C(=O)N2CC[C@H]3C(=O)O[C@@H]1[C@]32O.C[C@H]1C=C[C@H]2CCCC[C@@H]2C1C(=O)[C@@]1(O)C(=O)N2CC[C@H]3C(=O)O[C@@H]1[C@]32O. The minimum atomic E-state index is -2.49. The van der Waals surface area contributed by atoms with E-state index < -0.39 is 76.6 Å². The van der Waals surface area contributed by atoms with Crippen molar-refractivity contribution in [2.75, 3.05) is 13.1 Å². The number of hydrogen-bond donors (Lipinski definition) is 3. The van der Waals surface area contributed by atoms with Gasteiger partial charge in [0.1, 0.15) is 17.8 Å². The lowest BCUT2D eigenvalue weighted by Crippen LogP contribution is -2.59. The molecule has 6 aliphatic heterocycles. The Balaban J connectivity index is 0.000000141. The lowest BCUT2D eigenvalue weighted by molar-refractivity contribution is -0.173. The van der Waals surface area contributed by atoms with Gasteiger partial charge in [0.2, 0.25) is 11.5 Å². The van der Waals surface area contributed by atoms with Gasteiger partial charge >= 0.3 is 11.9 Å². The van der Waals surface area contributed by atoms with Crippen molar-refractivity contribution in [3.8, 4) is 0 Å². The Morgan fingerprint density at radius 3 is 1.85 bits per heavy atom. The molecule has 6 saturated heterocycles. The van der Waals surface area contributed by atoms with Crippen molar-refractivity contribution in [1.29, 1.82) is 0 Å². The summed E-state index contributed by atoms with van der Waals surface area (Å²) in [5.41, 5.74) is -6.02. The highest BCUT2D eigenvalue weighted by molar-refractivity contribution is 6.14. The molecule has 13 heteroatoms. The zero-order chi connectivity index (χ0) is 37.4. The van der Waals surface area contributed by atoms with Crippen LogP contribution >= 0.6 is 0 Å². The van der Waals surface area contributed by atoms with Gasteiger partial charge in [-0.15, -0.1) is 0 Å². The Labute approximate surface area is 308 Å². The largest absolute Gasteiger partial charge is 0.455 e. The Morgan fingerprint density at radius 1 is 0.679 bits per heavy atom. The molecule has 0 bridgehead atoms. The standard InChI is InChI=1S/C20H25NO6.C20H25NO5/c1-10-6-7-11-4-2-3-5-12(11)14(10)15(22)19(25)17-20(26)13(16(23)27-17)8-9-21(20)18(19)24;1-10-6-7-11-4-2-3-5-12(11)14(10)16(22)15-17-20(25)13(19(24)26-17)8-9-21(20)18(15)23/h6-7,10-14,17,25-26H,2-5,8-9H2,1H3;6-7,10-15,17,25H,2-5,8-9H2,1H3/t10-,11+,12-,13-,14?,17-,19-,20+;10-,11+,12-,13-,14?,15?,17-,20+/m00/s1. The van der Waals surface area contributed by atoms with Gasteiger partial charge in [0.05, 0.1) is 0 Å². The smallest absolute Gasteiger partial charge is 0.314 e. The van der Waals surface area contributed by atoms with Crippen LogP contribution in [0.4, 0.5) is 0 Å². The first-order valence-corrected chi connectivity index (χ1v) is 19.9. The molecule has 10 rings (SSSR count). The molecule has 0 spiro atoms. The van der Waals surface area contributed by atoms with Gasteiger partial charge in [-0.05, 0) is 74.0 Å². The topological polar surface area (TPSA) is 188 Å². The van der Waals surface area contributed by atoms with Gasteiger partial charge in [0.15, 0.2) is 35.2 Å². The molecule has 4 aliphatic carbocycles. The molecule has 2 amide bonds. The predicted octanol–water partition coefficient (Wildman–Crippen LogP) is 1.67. The van der Waals surface area contributed by atoms with E-state index in [0.29, 0.717) is 18.9 Å². The van der Waals surface area contributed by atoms with E-state index in [0.717, 1.165) is 49.8 Å². The minimum Gasteiger partial charge on any atom is -0.455 e. The average Bonchev–Trinajstić information content (AvgIpc) is 3.91. The van der Waals surface area contributed by atoms with Crippen molar-refractivity contribution >= 4 is 35.3 Å². The molecule has 13 nitrogen and oxygen atoms in total. The third kappa shape index (κ3) is 4.53. The highest BCUT2D eigenvalue weighted by Gasteiger charge is 2.81. The number of nitrogens with zero attached hydrogens (tertiary/aromatic N) is 2. The zero-order valence-electron chi connectivity index (χ0n) is 30.3. The van der Waals surface area contributed by atoms with E-state index in [-0.39, 0.29) is 60.2 Å². The maximum Gasteiger partial charge on any atom is 0.314 e. The molecule has 0 aromatic heterocycles. The van der Waals surface area contributed by atoms with E-state index in [4.69, 9.17) is 9.47 Å². The van der Waals surface area contributed by atoms with E-state index in [1.165, 1.54) is 11.3 Å². The number of fused-ring (bicyclic) bond motifs is 2. The number of carbonyl (C=O) groups excluding carboxylic acids is 6. The van der Waals surface area contributed by atoms with Crippen LogP contribution in [0, 0.1) is 65.1 Å². The van der Waals surface area contributed by atoms with Crippen molar-refractivity contribution < 1.29 is 53.6 Å². The fraction of sp³-hybridized carbons (Fsp3) is 0.750. The fourth-order valence-electron chi connectivity index (χ4n) is 12.7.